The summed E-state index contributed by atoms with van der Waals surface area (Å²) in [6.45, 7) is 5.41. The first-order valence-corrected chi connectivity index (χ1v) is 5.89. The van der Waals surface area contributed by atoms with E-state index in [1.54, 1.807) is 20.0 Å². The van der Waals surface area contributed by atoms with Crippen LogP contribution in [0.15, 0.2) is 6.20 Å². The van der Waals surface area contributed by atoms with Gasteiger partial charge in [-0.3, -0.25) is 0 Å². The van der Waals surface area contributed by atoms with Crippen molar-refractivity contribution < 1.29 is 9.53 Å². The highest BCUT2D eigenvalue weighted by atomic mass is 16.5. The molecule has 2 heterocycles. The summed E-state index contributed by atoms with van der Waals surface area (Å²) in [7, 11) is 0. The largest absolute Gasteiger partial charge is 0.459 e. The first-order chi connectivity index (χ1) is 8.16. The van der Waals surface area contributed by atoms with E-state index in [2.05, 4.69) is 15.3 Å². The maximum Gasteiger partial charge on any atom is 0.341 e. The van der Waals surface area contributed by atoms with Crippen LogP contribution in [-0.2, 0) is 4.74 Å². The third-order valence-corrected chi connectivity index (χ3v) is 2.88. The van der Waals surface area contributed by atoms with E-state index < -0.39 is 0 Å². The molecule has 17 heavy (non-hydrogen) atoms. The molecule has 1 saturated heterocycles. The van der Waals surface area contributed by atoms with Crippen LogP contribution in [0.2, 0.25) is 0 Å². The molecule has 1 aromatic rings. The SMILES string of the molecule is Cc1ncc(C(=O)OC2CCNCC2)c(C)n1. The molecule has 1 aliphatic rings. The van der Waals surface area contributed by atoms with Gasteiger partial charge in [0.25, 0.3) is 0 Å². The zero-order valence-electron chi connectivity index (χ0n) is 10.2. The van der Waals surface area contributed by atoms with E-state index in [1.165, 1.54) is 0 Å². The highest BCUT2D eigenvalue weighted by Gasteiger charge is 2.20. The molecule has 1 N–H and O–H groups in total. The fourth-order valence-corrected chi connectivity index (χ4v) is 1.91. The first kappa shape index (κ1) is 12.0. The molecule has 92 valence electrons. The molecule has 0 bridgehead atoms. The first-order valence-electron chi connectivity index (χ1n) is 5.89. The number of ether oxygens (including phenoxy) is 1. The Bertz CT molecular complexity index is 414. The fraction of sp³-hybridized carbons (Fsp3) is 0.583. The molecule has 0 spiro atoms. The number of rotatable bonds is 2. The van der Waals surface area contributed by atoms with Crippen LogP contribution in [0.3, 0.4) is 0 Å². The van der Waals surface area contributed by atoms with Gasteiger partial charge in [0.05, 0.1) is 11.3 Å². The molecule has 5 heteroatoms. The lowest BCUT2D eigenvalue weighted by atomic mass is 10.1. The van der Waals surface area contributed by atoms with E-state index >= 15 is 0 Å². The van der Waals surface area contributed by atoms with Crippen LogP contribution >= 0.6 is 0 Å². The van der Waals surface area contributed by atoms with Crippen LogP contribution in [0.4, 0.5) is 0 Å². The van der Waals surface area contributed by atoms with Gasteiger partial charge in [0.2, 0.25) is 0 Å². The molecule has 1 aromatic heterocycles. The van der Waals surface area contributed by atoms with Gasteiger partial charge in [-0.25, -0.2) is 14.8 Å². The smallest absolute Gasteiger partial charge is 0.341 e. The minimum atomic E-state index is -0.311. The van der Waals surface area contributed by atoms with Crippen molar-refractivity contribution in [2.45, 2.75) is 32.8 Å². The molecule has 0 aliphatic carbocycles. The summed E-state index contributed by atoms with van der Waals surface area (Å²) in [6.07, 6.45) is 3.31. The van der Waals surface area contributed by atoms with Gasteiger partial charge in [0.15, 0.2) is 0 Å². The molecule has 0 radical (unpaired) electrons. The predicted octanol–water partition coefficient (Wildman–Crippen LogP) is 1.00. The molecule has 0 atom stereocenters. The predicted molar refractivity (Wildman–Crippen MR) is 62.8 cm³/mol. The highest BCUT2D eigenvalue weighted by Crippen LogP contribution is 2.12. The van der Waals surface area contributed by atoms with Crippen molar-refractivity contribution in [3.63, 3.8) is 0 Å². The molecular formula is C12H17N3O2. The number of aromatic nitrogens is 2. The van der Waals surface area contributed by atoms with E-state index in [0.29, 0.717) is 17.1 Å². The van der Waals surface area contributed by atoms with E-state index in [1.807, 2.05) is 0 Å². The van der Waals surface area contributed by atoms with Gasteiger partial charge in [-0.1, -0.05) is 0 Å². The minimum absolute atomic E-state index is 0.0180. The topological polar surface area (TPSA) is 64.1 Å². The van der Waals surface area contributed by atoms with Crippen molar-refractivity contribution in [3.8, 4) is 0 Å². The number of nitrogens with one attached hydrogen (secondary N) is 1. The van der Waals surface area contributed by atoms with Gasteiger partial charge in [-0.2, -0.15) is 0 Å². The molecule has 1 fully saturated rings. The molecule has 1 aliphatic heterocycles. The van der Waals surface area contributed by atoms with Gasteiger partial charge < -0.3 is 10.1 Å². The van der Waals surface area contributed by atoms with Crippen molar-refractivity contribution in [2.75, 3.05) is 13.1 Å². The summed E-state index contributed by atoms with van der Waals surface area (Å²) >= 11 is 0. The second-order valence-corrected chi connectivity index (χ2v) is 4.27. The van der Waals surface area contributed by atoms with Gasteiger partial charge in [-0.15, -0.1) is 0 Å². The quantitative estimate of drug-likeness (QED) is 0.775. The molecule has 0 amide bonds. The molecule has 0 saturated carbocycles. The van der Waals surface area contributed by atoms with Gasteiger partial charge in [0, 0.05) is 6.20 Å². The lowest BCUT2D eigenvalue weighted by Gasteiger charge is -2.22. The van der Waals surface area contributed by atoms with Crippen LogP contribution in [0.1, 0.15) is 34.7 Å². The number of carbonyl (C=O) groups excluding carboxylic acids is 1. The Hall–Kier alpha value is -1.49. The molecule has 0 aromatic carbocycles. The zero-order valence-corrected chi connectivity index (χ0v) is 10.2. The summed E-state index contributed by atoms with van der Waals surface area (Å²) in [4.78, 5) is 20.1. The molecule has 5 nitrogen and oxygen atoms in total. The number of piperidine rings is 1. The van der Waals surface area contributed by atoms with Gasteiger partial charge in [0.1, 0.15) is 11.9 Å². The Labute approximate surface area is 101 Å². The Morgan fingerprint density at radius 1 is 1.41 bits per heavy atom. The van der Waals surface area contributed by atoms with Crippen LogP contribution < -0.4 is 5.32 Å². The average molecular weight is 235 g/mol. The third-order valence-electron chi connectivity index (χ3n) is 2.88. The number of hydrogen-bond donors (Lipinski definition) is 1. The zero-order chi connectivity index (χ0) is 12.3. The molecule has 2 rings (SSSR count). The third kappa shape index (κ3) is 3.00. The van der Waals surface area contributed by atoms with Crippen LogP contribution in [0.25, 0.3) is 0 Å². The number of aryl methyl sites for hydroxylation is 2. The Balaban J connectivity index is 2.03. The van der Waals surface area contributed by atoms with Gasteiger partial charge >= 0.3 is 5.97 Å². The molecule has 0 unspecified atom stereocenters. The van der Waals surface area contributed by atoms with Crippen LogP contribution in [-0.4, -0.2) is 35.1 Å². The summed E-state index contributed by atoms with van der Waals surface area (Å²) in [5.41, 5.74) is 1.14. The van der Waals surface area contributed by atoms with Crippen LogP contribution in [0.5, 0.6) is 0 Å². The maximum absolute atomic E-state index is 11.9. The van der Waals surface area contributed by atoms with Crippen molar-refractivity contribution in [1.82, 2.24) is 15.3 Å². The monoisotopic (exact) mass is 235 g/mol. The fourth-order valence-electron chi connectivity index (χ4n) is 1.91. The van der Waals surface area contributed by atoms with Crippen molar-refractivity contribution >= 4 is 5.97 Å². The highest BCUT2D eigenvalue weighted by molar-refractivity contribution is 5.90. The maximum atomic E-state index is 11.9. The summed E-state index contributed by atoms with van der Waals surface area (Å²) < 4.78 is 5.44. The Morgan fingerprint density at radius 2 is 2.12 bits per heavy atom. The minimum Gasteiger partial charge on any atom is -0.459 e. The van der Waals surface area contributed by atoms with E-state index in [-0.39, 0.29) is 12.1 Å². The standard InChI is InChI=1S/C12H17N3O2/c1-8-11(7-14-9(2)15-8)12(16)17-10-3-5-13-6-4-10/h7,10,13H,3-6H2,1-2H3. The summed E-state index contributed by atoms with van der Waals surface area (Å²) in [6, 6.07) is 0. The average Bonchev–Trinajstić information content (AvgIpc) is 2.30. The van der Waals surface area contributed by atoms with Crippen molar-refractivity contribution in [2.24, 2.45) is 0 Å². The lowest BCUT2D eigenvalue weighted by molar-refractivity contribution is 0.0228. The number of nitrogens with zero attached hydrogens (tertiary/aromatic N) is 2. The van der Waals surface area contributed by atoms with Crippen LogP contribution in [0, 0.1) is 13.8 Å². The summed E-state index contributed by atoms with van der Waals surface area (Å²) in [5.74, 6) is 0.357. The Kier molecular flexibility index (Phi) is 3.68. The second kappa shape index (κ2) is 5.23. The van der Waals surface area contributed by atoms with Crippen molar-refractivity contribution in [1.29, 1.82) is 0 Å². The summed E-state index contributed by atoms with van der Waals surface area (Å²) in [5, 5.41) is 3.23. The second-order valence-electron chi connectivity index (χ2n) is 4.27. The van der Waals surface area contributed by atoms with Crippen molar-refractivity contribution in [3.05, 3.63) is 23.3 Å². The van der Waals surface area contributed by atoms with Gasteiger partial charge in [-0.05, 0) is 39.8 Å². The Morgan fingerprint density at radius 3 is 2.76 bits per heavy atom. The van der Waals surface area contributed by atoms with E-state index in [0.717, 1.165) is 25.9 Å². The number of esters is 1. The molecular weight excluding hydrogens is 218 g/mol. The number of carbonyl (C=O) groups is 1. The normalized spacial score (nSPS) is 16.8. The van der Waals surface area contributed by atoms with E-state index in [4.69, 9.17) is 4.74 Å². The lowest BCUT2D eigenvalue weighted by Crippen LogP contribution is -2.34. The number of hydrogen-bond acceptors (Lipinski definition) is 5. The van der Waals surface area contributed by atoms with E-state index in [9.17, 15) is 4.79 Å².